The fraction of sp³-hybridized carbons (Fsp3) is 0.400. The lowest BCUT2D eigenvalue weighted by Crippen LogP contribution is -2.37. The number of hydrogen-bond acceptors (Lipinski definition) is 6. The molecule has 3 rings (SSSR count). The van der Waals surface area contributed by atoms with Crippen LogP contribution in [0, 0.1) is 0 Å². The predicted octanol–water partition coefficient (Wildman–Crippen LogP) is 4.90. The maximum atomic E-state index is 12.6. The number of carbonyl (C=O) groups excluding carboxylic acids is 1. The first kappa shape index (κ1) is 20.0. The van der Waals surface area contributed by atoms with Gasteiger partial charge < -0.3 is 9.84 Å². The highest BCUT2D eigenvalue weighted by atomic mass is 33.1. The Morgan fingerprint density at radius 1 is 1.22 bits per heavy atom. The normalized spacial score (nSPS) is 19.5. The zero-order valence-electron chi connectivity index (χ0n) is 15.3. The van der Waals surface area contributed by atoms with Crippen LogP contribution in [0.4, 0.5) is 10.5 Å². The number of hydrogen-bond donors (Lipinski definition) is 1. The Morgan fingerprint density at radius 3 is 2.70 bits per heavy atom. The number of pyridine rings is 1. The summed E-state index contributed by atoms with van der Waals surface area (Å²) >= 11 is 0. The molecule has 2 aromatic rings. The maximum Gasteiger partial charge on any atom is 0.414 e. The summed E-state index contributed by atoms with van der Waals surface area (Å²) in [7, 11) is 5.10. The molecule has 5 nitrogen and oxygen atoms in total. The maximum absolute atomic E-state index is 12.6. The Bertz CT molecular complexity index is 728. The Hall–Kier alpha value is -1.70. The number of rotatable bonds is 6. The van der Waals surface area contributed by atoms with Crippen molar-refractivity contribution in [3.05, 3.63) is 54.2 Å². The molecule has 1 fully saturated rings. The Labute approximate surface area is 167 Å². The largest absolute Gasteiger partial charge is 0.445 e. The number of aliphatic hydroxyl groups is 1. The van der Waals surface area contributed by atoms with Crippen LogP contribution >= 0.6 is 21.6 Å². The van der Waals surface area contributed by atoms with Gasteiger partial charge in [0.25, 0.3) is 0 Å². The smallest absolute Gasteiger partial charge is 0.414 e. The summed E-state index contributed by atoms with van der Waals surface area (Å²) in [6.07, 6.45) is 5.53. The van der Waals surface area contributed by atoms with Gasteiger partial charge in [0.15, 0.2) is 0 Å². The van der Waals surface area contributed by atoms with E-state index in [0.717, 1.165) is 42.0 Å². The van der Waals surface area contributed by atoms with E-state index in [1.807, 2.05) is 42.5 Å². The second-order valence-electron chi connectivity index (χ2n) is 6.48. The molecule has 1 amide bonds. The lowest BCUT2D eigenvalue weighted by molar-refractivity contribution is 0.0860. The highest BCUT2D eigenvalue weighted by Gasteiger charge is 2.30. The van der Waals surface area contributed by atoms with Crippen molar-refractivity contribution in [2.75, 3.05) is 11.9 Å². The monoisotopic (exact) mass is 404 g/mol. The highest BCUT2D eigenvalue weighted by molar-refractivity contribution is 8.76. The minimum atomic E-state index is -0.341. The first-order valence-electron chi connectivity index (χ1n) is 9.06. The van der Waals surface area contributed by atoms with E-state index >= 15 is 0 Å². The molecule has 0 spiro atoms. The molecule has 1 saturated carbocycles. The molecule has 7 heteroatoms. The fourth-order valence-corrected chi connectivity index (χ4v) is 5.62. The number of anilines is 1. The van der Waals surface area contributed by atoms with Crippen molar-refractivity contribution in [2.24, 2.45) is 0 Å². The number of aliphatic hydroxyl groups excluding tert-OH is 1. The van der Waals surface area contributed by atoms with Crippen LogP contribution in [0.5, 0.6) is 0 Å². The summed E-state index contributed by atoms with van der Waals surface area (Å²) in [4.78, 5) is 18.5. The Kier molecular flexibility index (Phi) is 7.43. The fourth-order valence-electron chi connectivity index (χ4n) is 2.95. The van der Waals surface area contributed by atoms with Crippen LogP contribution in [-0.2, 0) is 11.3 Å². The van der Waals surface area contributed by atoms with E-state index in [1.165, 1.54) is 4.90 Å². The van der Waals surface area contributed by atoms with Crippen LogP contribution in [0.3, 0.4) is 0 Å². The SMILES string of the molecule is CN(C(=O)O[C@H]1CCCC[C@@H]1SSc1ccccn1)c1ccc(CO)cc1. The summed E-state index contributed by atoms with van der Waals surface area (Å²) in [5.74, 6) is 0. The van der Waals surface area contributed by atoms with Crippen molar-refractivity contribution in [2.45, 2.75) is 48.7 Å². The van der Waals surface area contributed by atoms with Gasteiger partial charge in [-0.15, -0.1) is 0 Å². The van der Waals surface area contributed by atoms with Gasteiger partial charge in [0, 0.05) is 18.9 Å². The Balaban J connectivity index is 1.58. The molecule has 0 unspecified atom stereocenters. The third-order valence-corrected chi connectivity index (χ3v) is 7.41. The van der Waals surface area contributed by atoms with Crippen LogP contribution < -0.4 is 4.90 Å². The minimum absolute atomic E-state index is 0.0106. The summed E-state index contributed by atoms with van der Waals surface area (Å²) in [5.41, 5.74) is 1.57. The van der Waals surface area contributed by atoms with Gasteiger partial charge >= 0.3 is 6.09 Å². The van der Waals surface area contributed by atoms with Gasteiger partial charge in [0.2, 0.25) is 0 Å². The van der Waals surface area contributed by atoms with E-state index in [4.69, 9.17) is 9.84 Å². The second kappa shape index (κ2) is 10.0. The van der Waals surface area contributed by atoms with Gasteiger partial charge in [-0.1, -0.05) is 35.4 Å². The zero-order chi connectivity index (χ0) is 19.1. The number of amides is 1. The molecule has 1 aliphatic rings. The standard InChI is InChI=1S/C20H24N2O3S2/c1-22(16-11-9-15(14-23)10-12-16)20(24)25-17-6-2-3-7-18(17)26-27-19-8-4-5-13-21-19/h4-5,8-13,17-18,23H,2-3,6-7,14H2,1H3/t17-,18-/m0/s1. The zero-order valence-corrected chi connectivity index (χ0v) is 16.9. The van der Waals surface area contributed by atoms with E-state index in [1.54, 1.807) is 34.8 Å². The van der Waals surface area contributed by atoms with Crippen molar-refractivity contribution < 1.29 is 14.6 Å². The number of benzene rings is 1. The van der Waals surface area contributed by atoms with Crippen LogP contribution in [0.2, 0.25) is 0 Å². The molecule has 0 saturated heterocycles. The van der Waals surface area contributed by atoms with E-state index in [0.29, 0.717) is 0 Å². The summed E-state index contributed by atoms with van der Waals surface area (Å²) in [6.45, 7) is -0.0106. The number of nitrogens with zero attached hydrogens (tertiary/aromatic N) is 2. The van der Waals surface area contributed by atoms with Crippen LogP contribution in [0.15, 0.2) is 53.7 Å². The molecule has 0 bridgehead atoms. The number of carbonyl (C=O) groups is 1. The molecule has 1 aliphatic carbocycles. The molecule has 0 radical (unpaired) electrons. The topological polar surface area (TPSA) is 62.7 Å². The number of ether oxygens (including phenoxy) is 1. The molecular weight excluding hydrogens is 380 g/mol. The molecule has 2 atom stereocenters. The quantitative estimate of drug-likeness (QED) is 0.691. The second-order valence-corrected chi connectivity index (χ2v) is 8.94. The first-order valence-corrected chi connectivity index (χ1v) is 11.3. The number of aromatic nitrogens is 1. The van der Waals surface area contributed by atoms with Crippen LogP contribution in [-0.4, -0.2) is 34.6 Å². The third kappa shape index (κ3) is 5.64. The van der Waals surface area contributed by atoms with E-state index in [2.05, 4.69) is 4.98 Å². The van der Waals surface area contributed by atoms with Gasteiger partial charge in [-0.3, -0.25) is 4.90 Å². The predicted molar refractivity (Wildman–Crippen MR) is 111 cm³/mol. The minimum Gasteiger partial charge on any atom is -0.445 e. The molecule has 27 heavy (non-hydrogen) atoms. The van der Waals surface area contributed by atoms with Crippen molar-refractivity contribution in [3.63, 3.8) is 0 Å². The lowest BCUT2D eigenvalue weighted by Gasteiger charge is -2.31. The third-order valence-electron chi connectivity index (χ3n) is 4.57. The summed E-state index contributed by atoms with van der Waals surface area (Å²) in [5, 5.41) is 10.4. The van der Waals surface area contributed by atoms with Crippen molar-refractivity contribution in [3.8, 4) is 0 Å². The average Bonchev–Trinajstić information content (AvgIpc) is 2.73. The van der Waals surface area contributed by atoms with Crippen molar-refractivity contribution in [1.29, 1.82) is 0 Å². The van der Waals surface area contributed by atoms with Gasteiger partial charge in [0.1, 0.15) is 11.1 Å². The van der Waals surface area contributed by atoms with E-state index in [9.17, 15) is 4.79 Å². The summed E-state index contributed by atoms with van der Waals surface area (Å²) in [6, 6.07) is 13.1. The van der Waals surface area contributed by atoms with Gasteiger partial charge in [-0.2, -0.15) is 0 Å². The van der Waals surface area contributed by atoms with Crippen LogP contribution in [0.25, 0.3) is 0 Å². The molecule has 1 aromatic heterocycles. The van der Waals surface area contributed by atoms with Crippen LogP contribution in [0.1, 0.15) is 31.2 Å². The molecule has 144 valence electrons. The molecule has 1 N–H and O–H groups in total. The lowest BCUT2D eigenvalue weighted by atomic mass is 9.97. The molecule has 1 heterocycles. The molecule has 1 aromatic carbocycles. The molecule has 0 aliphatic heterocycles. The highest BCUT2D eigenvalue weighted by Crippen LogP contribution is 2.40. The van der Waals surface area contributed by atoms with Gasteiger partial charge in [-0.25, -0.2) is 9.78 Å². The van der Waals surface area contributed by atoms with Crippen molar-refractivity contribution in [1.82, 2.24) is 4.98 Å². The van der Waals surface area contributed by atoms with E-state index < -0.39 is 0 Å². The van der Waals surface area contributed by atoms with Crippen molar-refractivity contribution >= 4 is 33.4 Å². The Morgan fingerprint density at radius 2 is 2.00 bits per heavy atom. The van der Waals surface area contributed by atoms with Gasteiger partial charge in [0.05, 0.1) is 11.9 Å². The van der Waals surface area contributed by atoms with Gasteiger partial charge in [-0.05, 0) is 59.9 Å². The average molecular weight is 405 g/mol. The van der Waals surface area contributed by atoms with E-state index in [-0.39, 0.29) is 24.1 Å². The molecular formula is C20H24N2O3S2. The summed E-state index contributed by atoms with van der Waals surface area (Å²) < 4.78 is 5.85. The first-order chi connectivity index (χ1) is 13.2.